The second-order valence-corrected chi connectivity index (χ2v) is 8.39. The normalized spacial score (nSPS) is 11.2. The van der Waals surface area contributed by atoms with Crippen LogP contribution in [0, 0.1) is 20.8 Å². The van der Waals surface area contributed by atoms with Crippen molar-refractivity contribution < 1.29 is 9.53 Å². The molecule has 1 aromatic carbocycles. The Morgan fingerprint density at radius 1 is 1.23 bits per heavy atom. The predicted octanol–water partition coefficient (Wildman–Crippen LogP) is 4.23. The maximum Gasteiger partial charge on any atom is 0.272 e. The lowest BCUT2D eigenvalue weighted by atomic mass is 10.1. The van der Waals surface area contributed by atoms with Crippen LogP contribution in [0.15, 0.2) is 29.1 Å². The molecular formula is C21H19ClN4O3S. The van der Waals surface area contributed by atoms with Gasteiger partial charge in [-0.3, -0.25) is 14.2 Å². The van der Waals surface area contributed by atoms with Crippen LogP contribution in [-0.4, -0.2) is 27.6 Å². The highest BCUT2D eigenvalue weighted by molar-refractivity contribution is 7.25. The van der Waals surface area contributed by atoms with Gasteiger partial charge in [-0.25, -0.2) is 9.97 Å². The summed E-state index contributed by atoms with van der Waals surface area (Å²) in [6.45, 7) is 5.47. The van der Waals surface area contributed by atoms with Crippen molar-refractivity contribution in [3.63, 3.8) is 0 Å². The number of nitrogens with zero attached hydrogens (tertiary/aromatic N) is 3. The largest absolute Gasteiger partial charge is 0.495 e. The summed E-state index contributed by atoms with van der Waals surface area (Å²) in [5, 5.41) is 4.03. The number of pyridine rings is 1. The molecule has 4 rings (SSSR count). The van der Waals surface area contributed by atoms with Gasteiger partial charge in [0.15, 0.2) is 0 Å². The number of fused-ring (bicyclic) bond motifs is 3. The topological polar surface area (TPSA) is 86.1 Å². The lowest BCUT2D eigenvalue weighted by Crippen LogP contribution is -2.29. The lowest BCUT2D eigenvalue weighted by Gasteiger charge is -2.11. The van der Waals surface area contributed by atoms with Crippen LogP contribution in [-0.2, 0) is 11.3 Å². The van der Waals surface area contributed by atoms with Crippen LogP contribution >= 0.6 is 22.9 Å². The summed E-state index contributed by atoms with van der Waals surface area (Å²) in [6, 6.07) is 6.92. The molecule has 0 bridgehead atoms. The zero-order valence-corrected chi connectivity index (χ0v) is 18.4. The van der Waals surface area contributed by atoms with E-state index in [0.717, 1.165) is 21.5 Å². The molecule has 0 atom stereocenters. The molecule has 3 aromatic heterocycles. The van der Waals surface area contributed by atoms with Gasteiger partial charge in [-0.1, -0.05) is 11.6 Å². The van der Waals surface area contributed by atoms with E-state index in [2.05, 4.69) is 15.3 Å². The van der Waals surface area contributed by atoms with Crippen molar-refractivity contribution >= 4 is 55.0 Å². The highest BCUT2D eigenvalue weighted by atomic mass is 35.5. The first-order valence-corrected chi connectivity index (χ1v) is 10.4. The summed E-state index contributed by atoms with van der Waals surface area (Å²) < 4.78 is 6.98. The van der Waals surface area contributed by atoms with E-state index in [9.17, 15) is 9.59 Å². The van der Waals surface area contributed by atoms with Crippen LogP contribution in [0.3, 0.4) is 0 Å². The van der Waals surface area contributed by atoms with Gasteiger partial charge in [-0.2, -0.15) is 0 Å². The Hall–Kier alpha value is -2.97. The zero-order chi connectivity index (χ0) is 21.6. The van der Waals surface area contributed by atoms with Crippen LogP contribution in [0.5, 0.6) is 5.75 Å². The maximum atomic E-state index is 13.1. The first-order chi connectivity index (χ1) is 14.3. The summed E-state index contributed by atoms with van der Waals surface area (Å²) in [6.07, 6.45) is 0. The summed E-state index contributed by atoms with van der Waals surface area (Å²) >= 11 is 7.41. The van der Waals surface area contributed by atoms with Gasteiger partial charge in [-0.15, -0.1) is 11.3 Å². The van der Waals surface area contributed by atoms with Crippen LogP contribution in [0.4, 0.5) is 5.69 Å². The number of ether oxygens (including phenoxy) is 1. The standard InChI is InChI=1S/C21H19ClN4O3S/c1-10-7-11(2)23-20-17(10)18-19(30-20)21(28)26(12(3)24-18)9-16(27)25-13-5-6-15(29-4)14(22)8-13/h5-8H,9H2,1-4H3,(H,25,27). The van der Waals surface area contributed by atoms with E-state index in [1.807, 2.05) is 19.9 Å². The summed E-state index contributed by atoms with van der Waals surface area (Å²) in [5.74, 6) is 0.629. The van der Waals surface area contributed by atoms with Crippen LogP contribution in [0.25, 0.3) is 20.4 Å². The molecule has 0 saturated carbocycles. The number of benzene rings is 1. The smallest absolute Gasteiger partial charge is 0.272 e. The molecular weight excluding hydrogens is 424 g/mol. The molecule has 3 heterocycles. The second-order valence-electron chi connectivity index (χ2n) is 6.99. The first-order valence-electron chi connectivity index (χ1n) is 9.19. The van der Waals surface area contributed by atoms with Crippen molar-refractivity contribution in [3.05, 3.63) is 56.7 Å². The number of thiophene rings is 1. The number of hydrogen-bond donors (Lipinski definition) is 1. The van der Waals surface area contributed by atoms with Gasteiger partial charge in [0.05, 0.1) is 17.6 Å². The van der Waals surface area contributed by atoms with Crippen molar-refractivity contribution in [2.45, 2.75) is 27.3 Å². The number of carbonyl (C=O) groups is 1. The van der Waals surface area contributed by atoms with Crippen LogP contribution in [0.1, 0.15) is 17.1 Å². The number of amides is 1. The molecule has 0 aliphatic carbocycles. The zero-order valence-electron chi connectivity index (χ0n) is 16.9. The van der Waals surface area contributed by atoms with Crippen LogP contribution < -0.4 is 15.6 Å². The number of methoxy groups -OCH3 is 1. The minimum Gasteiger partial charge on any atom is -0.495 e. The highest BCUT2D eigenvalue weighted by Gasteiger charge is 2.18. The maximum absolute atomic E-state index is 13.1. The summed E-state index contributed by atoms with van der Waals surface area (Å²) in [4.78, 5) is 35.7. The Balaban J connectivity index is 1.70. The fraction of sp³-hybridized carbons (Fsp3) is 0.238. The molecule has 0 spiro atoms. The van der Waals surface area contributed by atoms with E-state index in [4.69, 9.17) is 16.3 Å². The van der Waals surface area contributed by atoms with Crippen LogP contribution in [0.2, 0.25) is 5.02 Å². The summed E-state index contributed by atoms with van der Waals surface area (Å²) in [5.41, 5.74) is 2.83. The molecule has 0 radical (unpaired) electrons. The fourth-order valence-corrected chi connectivity index (χ4v) is 4.88. The van der Waals surface area contributed by atoms with Gasteiger partial charge in [-0.05, 0) is 50.6 Å². The number of hydrogen-bond acceptors (Lipinski definition) is 6. The fourth-order valence-electron chi connectivity index (χ4n) is 3.44. The molecule has 1 amide bonds. The number of carbonyl (C=O) groups excluding carboxylic acids is 1. The van der Waals surface area contributed by atoms with Gasteiger partial charge >= 0.3 is 0 Å². The predicted molar refractivity (Wildman–Crippen MR) is 120 cm³/mol. The van der Waals surface area contributed by atoms with Crippen molar-refractivity contribution in [2.75, 3.05) is 12.4 Å². The minimum absolute atomic E-state index is 0.156. The van der Waals surface area contributed by atoms with E-state index in [1.165, 1.54) is 23.0 Å². The summed E-state index contributed by atoms with van der Waals surface area (Å²) in [7, 11) is 1.52. The first kappa shape index (κ1) is 20.3. The Labute approximate surface area is 181 Å². The minimum atomic E-state index is -0.353. The number of halogens is 1. The molecule has 1 N–H and O–H groups in total. The third-order valence-electron chi connectivity index (χ3n) is 4.80. The second kappa shape index (κ2) is 7.70. The number of nitrogens with one attached hydrogen (secondary N) is 1. The molecule has 0 saturated heterocycles. The molecule has 0 fully saturated rings. The van der Waals surface area contributed by atoms with Crippen molar-refractivity contribution in [2.24, 2.45) is 0 Å². The monoisotopic (exact) mass is 442 g/mol. The van der Waals surface area contributed by atoms with E-state index >= 15 is 0 Å². The number of rotatable bonds is 4. The molecule has 4 aromatic rings. The van der Waals surface area contributed by atoms with Gasteiger partial charge in [0.1, 0.15) is 27.6 Å². The van der Waals surface area contributed by atoms with Crippen molar-refractivity contribution in [3.8, 4) is 5.75 Å². The number of aryl methyl sites for hydroxylation is 3. The third kappa shape index (κ3) is 3.53. The molecule has 7 nitrogen and oxygen atoms in total. The van der Waals surface area contributed by atoms with Gasteiger partial charge in [0, 0.05) is 16.8 Å². The molecule has 154 valence electrons. The molecule has 9 heteroatoms. The number of anilines is 1. The molecule has 0 unspecified atom stereocenters. The van der Waals surface area contributed by atoms with Gasteiger partial charge < -0.3 is 10.1 Å². The quantitative estimate of drug-likeness (QED) is 0.511. The van der Waals surface area contributed by atoms with E-state index < -0.39 is 0 Å². The Morgan fingerprint density at radius 2 is 2.00 bits per heavy atom. The van der Waals surface area contributed by atoms with E-state index in [0.29, 0.717) is 32.5 Å². The lowest BCUT2D eigenvalue weighted by molar-refractivity contribution is -0.116. The Kier molecular flexibility index (Phi) is 5.21. The highest BCUT2D eigenvalue weighted by Crippen LogP contribution is 2.32. The SMILES string of the molecule is COc1ccc(NC(=O)Cn2c(C)nc3c(sc4nc(C)cc(C)c43)c2=O)cc1Cl. The Morgan fingerprint density at radius 3 is 2.70 bits per heavy atom. The van der Waals surface area contributed by atoms with Gasteiger partial charge in [0.25, 0.3) is 5.56 Å². The van der Waals surface area contributed by atoms with Gasteiger partial charge in [0.2, 0.25) is 5.91 Å². The molecule has 0 aliphatic heterocycles. The third-order valence-corrected chi connectivity index (χ3v) is 6.16. The van der Waals surface area contributed by atoms with Crippen molar-refractivity contribution in [1.82, 2.24) is 14.5 Å². The molecule has 30 heavy (non-hydrogen) atoms. The number of aromatic nitrogens is 3. The Bertz CT molecular complexity index is 1380. The van der Waals surface area contributed by atoms with Crippen molar-refractivity contribution in [1.29, 1.82) is 0 Å². The average molecular weight is 443 g/mol. The van der Waals surface area contributed by atoms with E-state index in [-0.39, 0.29) is 18.0 Å². The average Bonchev–Trinajstić information content (AvgIpc) is 3.03. The molecule has 0 aliphatic rings. The van der Waals surface area contributed by atoms with E-state index in [1.54, 1.807) is 25.1 Å².